The number of ether oxygens (including phenoxy) is 1. The van der Waals surface area contributed by atoms with E-state index in [0.29, 0.717) is 0 Å². The van der Waals surface area contributed by atoms with Crippen LogP contribution in [0.15, 0.2) is 30.3 Å². The molecule has 1 rings (SSSR count). The Balaban J connectivity index is 2.85. The third-order valence-electron chi connectivity index (χ3n) is 3.97. The van der Waals surface area contributed by atoms with Crippen molar-refractivity contribution in [2.75, 3.05) is 14.2 Å². The van der Waals surface area contributed by atoms with Gasteiger partial charge < -0.3 is 9.53 Å². The van der Waals surface area contributed by atoms with Gasteiger partial charge in [0.2, 0.25) is 0 Å². The van der Waals surface area contributed by atoms with Gasteiger partial charge in [-0.25, -0.2) is 0 Å². The Morgan fingerprint density at radius 2 is 1.90 bits per heavy atom. The zero-order valence-corrected chi connectivity index (χ0v) is 12.6. The summed E-state index contributed by atoms with van der Waals surface area (Å²) in [6, 6.07) is 10.2. The highest BCUT2D eigenvalue weighted by molar-refractivity contribution is 5.76. The fourth-order valence-corrected chi connectivity index (χ4v) is 2.35. The van der Waals surface area contributed by atoms with Crippen LogP contribution in [0.2, 0.25) is 0 Å². The predicted molar refractivity (Wildman–Crippen MR) is 78.3 cm³/mol. The highest BCUT2D eigenvalue weighted by atomic mass is 16.5. The summed E-state index contributed by atoms with van der Waals surface area (Å²) in [5.41, 5.74) is 1.18. The smallest absolute Gasteiger partial charge is 0.310 e. The number of hydrogen-bond acceptors (Lipinski definition) is 4. The highest BCUT2D eigenvalue weighted by Gasteiger charge is 2.30. The summed E-state index contributed by atoms with van der Waals surface area (Å²) in [7, 11) is 3.32. The second-order valence-electron chi connectivity index (χ2n) is 5.02. The SMILES string of the molecule is COC(=O)C(CC=O)[C@H](C)N(C)[C@@H](C)c1ccccc1. The van der Waals surface area contributed by atoms with Gasteiger partial charge in [-0.1, -0.05) is 30.3 Å². The Morgan fingerprint density at radius 1 is 1.30 bits per heavy atom. The van der Waals surface area contributed by atoms with Crippen molar-refractivity contribution in [2.45, 2.75) is 32.4 Å². The van der Waals surface area contributed by atoms with Gasteiger partial charge in [0, 0.05) is 18.5 Å². The second kappa shape index (κ2) is 7.80. The molecule has 0 heterocycles. The molecule has 0 spiro atoms. The predicted octanol–water partition coefficient (Wildman–Crippen LogP) is 2.45. The lowest BCUT2D eigenvalue weighted by Gasteiger charge is -2.34. The van der Waals surface area contributed by atoms with Gasteiger partial charge in [0.15, 0.2) is 0 Å². The van der Waals surface area contributed by atoms with Gasteiger partial charge in [0.25, 0.3) is 0 Å². The van der Waals surface area contributed by atoms with Gasteiger partial charge in [-0.3, -0.25) is 9.69 Å². The average Bonchev–Trinajstić information content (AvgIpc) is 2.50. The molecule has 110 valence electrons. The first kappa shape index (κ1) is 16.4. The van der Waals surface area contributed by atoms with Crippen LogP contribution in [0.5, 0.6) is 0 Å². The van der Waals surface area contributed by atoms with E-state index in [9.17, 15) is 9.59 Å². The van der Waals surface area contributed by atoms with Gasteiger partial charge in [0.1, 0.15) is 6.29 Å². The van der Waals surface area contributed by atoms with E-state index in [1.807, 2.05) is 32.2 Å². The summed E-state index contributed by atoms with van der Waals surface area (Å²) < 4.78 is 4.80. The van der Waals surface area contributed by atoms with Crippen LogP contribution in [0, 0.1) is 5.92 Å². The van der Waals surface area contributed by atoms with E-state index in [1.165, 1.54) is 12.7 Å². The Kier molecular flexibility index (Phi) is 6.39. The first-order valence-electron chi connectivity index (χ1n) is 6.81. The number of carbonyl (C=O) groups is 2. The summed E-state index contributed by atoms with van der Waals surface area (Å²) in [5, 5.41) is 0. The third kappa shape index (κ3) is 3.90. The number of carbonyl (C=O) groups excluding carboxylic acids is 2. The molecule has 1 unspecified atom stereocenters. The summed E-state index contributed by atoms with van der Waals surface area (Å²) in [6.07, 6.45) is 0.957. The van der Waals surface area contributed by atoms with Gasteiger partial charge in [-0.2, -0.15) is 0 Å². The standard InChI is InChI=1S/C16H23NO3/c1-12(14-8-6-5-7-9-14)17(3)13(2)15(10-11-18)16(19)20-4/h5-9,11-13,15H,10H2,1-4H3/t12-,13-,15?/m0/s1. The minimum atomic E-state index is -0.436. The van der Waals surface area contributed by atoms with E-state index >= 15 is 0 Å². The molecule has 0 amide bonds. The molecule has 1 aromatic rings. The third-order valence-corrected chi connectivity index (χ3v) is 3.97. The monoisotopic (exact) mass is 277 g/mol. The molecule has 0 aliphatic heterocycles. The van der Waals surface area contributed by atoms with Crippen LogP contribution in [0.3, 0.4) is 0 Å². The molecular formula is C16H23NO3. The molecule has 1 aromatic carbocycles. The largest absolute Gasteiger partial charge is 0.469 e. The van der Waals surface area contributed by atoms with Crippen molar-refractivity contribution in [3.8, 4) is 0 Å². The molecule has 0 aliphatic carbocycles. The first-order valence-corrected chi connectivity index (χ1v) is 6.81. The topological polar surface area (TPSA) is 46.6 Å². The minimum Gasteiger partial charge on any atom is -0.469 e. The van der Waals surface area contributed by atoms with Crippen LogP contribution in [0.1, 0.15) is 31.9 Å². The average molecular weight is 277 g/mol. The molecule has 0 aromatic heterocycles. The summed E-state index contributed by atoms with van der Waals surface area (Å²) >= 11 is 0. The number of benzene rings is 1. The second-order valence-corrected chi connectivity index (χ2v) is 5.02. The zero-order valence-electron chi connectivity index (χ0n) is 12.6. The Labute approximate surface area is 120 Å². The molecule has 20 heavy (non-hydrogen) atoms. The summed E-state index contributed by atoms with van der Waals surface area (Å²) in [6.45, 7) is 4.03. The molecule has 0 aliphatic rings. The number of rotatable bonds is 7. The van der Waals surface area contributed by atoms with Crippen molar-refractivity contribution < 1.29 is 14.3 Å². The maximum atomic E-state index is 11.8. The molecule has 0 radical (unpaired) electrons. The van der Waals surface area contributed by atoms with E-state index < -0.39 is 5.92 Å². The summed E-state index contributed by atoms with van der Waals surface area (Å²) in [4.78, 5) is 24.7. The van der Waals surface area contributed by atoms with E-state index in [1.54, 1.807) is 0 Å². The Bertz CT molecular complexity index is 433. The first-order chi connectivity index (χ1) is 9.52. The Hall–Kier alpha value is -1.68. The van der Waals surface area contributed by atoms with Crippen LogP contribution in [0.4, 0.5) is 0 Å². The maximum Gasteiger partial charge on any atom is 0.310 e. The zero-order chi connectivity index (χ0) is 15.1. The quantitative estimate of drug-likeness (QED) is 0.567. The molecule has 0 bridgehead atoms. The molecule has 0 fully saturated rings. The maximum absolute atomic E-state index is 11.8. The van der Waals surface area contributed by atoms with Crippen molar-refractivity contribution in [1.82, 2.24) is 4.90 Å². The van der Waals surface area contributed by atoms with Crippen LogP contribution < -0.4 is 0 Å². The van der Waals surface area contributed by atoms with Gasteiger partial charge in [-0.15, -0.1) is 0 Å². The molecule has 4 nitrogen and oxygen atoms in total. The van der Waals surface area contributed by atoms with Crippen molar-refractivity contribution >= 4 is 12.3 Å². The fraction of sp³-hybridized carbons (Fsp3) is 0.500. The van der Waals surface area contributed by atoms with E-state index in [-0.39, 0.29) is 24.5 Å². The molecule has 0 saturated heterocycles. The van der Waals surface area contributed by atoms with Crippen LogP contribution in [0.25, 0.3) is 0 Å². The van der Waals surface area contributed by atoms with Crippen LogP contribution in [-0.4, -0.2) is 37.4 Å². The lowest BCUT2D eigenvalue weighted by molar-refractivity contribution is -0.149. The van der Waals surface area contributed by atoms with Crippen molar-refractivity contribution in [2.24, 2.45) is 5.92 Å². The van der Waals surface area contributed by atoms with Crippen molar-refractivity contribution in [3.05, 3.63) is 35.9 Å². The van der Waals surface area contributed by atoms with E-state index in [4.69, 9.17) is 4.74 Å². The number of aldehydes is 1. The summed E-state index contributed by atoms with van der Waals surface area (Å²) in [5.74, 6) is -0.773. The lowest BCUT2D eigenvalue weighted by Crippen LogP contribution is -2.41. The normalized spacial score (nSPS) is 15.4. The minimum absolute atomic E-state index is 0.0807. The molecule has 0 saturated carbocycles. The van der Waals surface area contributed by atoms with Crippen LogP contribution >= 0.6 is 0 Å². The van der Waals surface area contributed by atoms with Crippen LogP contribution in [-0.2, 0) is 14.3 Å². The number of esters is 1. The van der Waals surface area contributed by atoms with E-state index in [2.05, 4.69) is 24.0 Å². The molecular weight excluding hydrogens is 254 g/mol. The van der Waals surface area contributed by atoms with Crippen molar-refractivity contribution in [1.29, 1.82) is 0 Å². The molecule has 0 N–H and O–H groups in total. The molecule has 4 heteroatoms. The van der Waals surface area contributed by atoms with Crippen molar-refractivity contribution in [3.63, 3.8) is 0 Å². The number of methoxy groups -OCH3 is 1. The van der Waals surface area contributed by atoms with Gasteiger partial charge >= 0.3 is 5.97 Å². The van der Waals surface area contributed by atoms with E-state index in [0.717, 1.165) is 6.29 Å². The fourth-order valence-electron chi connectivity index (χ4n) is 2.35. The highest BCUT2D eigenvalue weighted by Crippen LogP contribution is 2.25. The van der Waals surface area contributed by atoms with Gasteiger partial charge in [0.05, 0.1) is 13.0 Å². The lowest BCUT2D eigenvalue weighted by atomic mass is 9.95. The van der Waals surface area contributed by atoms with Gasteiger partial charge in [-0.05, 0) is 26.5 Å². The Morgan fingerprint density at radius 3 is 2.40 bits per heavy atom. The number of nitrogens with zero attached hydrogens (tertiary/aromatic N) is 1. The molecule has 3 atom stereocenters. The number of hydrogen-bond donors (Lipinski definition) is 0.